The Morgan fingerprint density at radius 3 is 2.56 bits per heavy atom. The Bertz CT molecular complexity index is 456. The number of alkyl halides is 3. The van der Waals surface area contributed by atoms with Gasteiger partial charge in [-0.2, -0.15) is 18.4 Å². The number of rotatable bonds is 1. The Morgan fingerprint density at radius 2 is 2.00 bits per heavy atom. The summed E-state index contributed by atoms with van der Waals surface area (Å²) in [4.78, 5) is 5.83. The van der Waals surface area contributed by atoms with Crippen LogP contribution in [0.15, 0.2) is 18.3 Å². The Hall–Kier alpha value is -1.77. The summed E-state index contributed by atoms with van der Waals surface area (Å²) in [6.45, 7) is 0.575. The number of nitrogens with zero attached hydrogens (tertiary/aromatic N) is 3. The van der Waals surface area contributed by atoms with Gasteiger partial charge in [-0.25, -0.2) is 4.98 Å². The van der Waals surface area contributed by atoms with Crippen LogP contribution in [0, 0.1) is 17.2 Å². The van der Waals surface area contributed by atoms with E-state index < -0.39 is 12.1 Å². The normalized spacial score (nSPS) is 17.6. The molecule has 0 amide bonds. The van der Waals surface area contributed by atoms with Gasteiger partial charge < -0.3 is 4.90 Å². The van der Waals surface area contributed by atoms with E-state index in [0.29, 0.717) is 11.4 Å². The molecule has 6 heteroatoms. The molecule has 3 nitrogen and oxygen atoms in total. The van der Waals surface area contributed by atoms with Gasteiger partial charge in [0.05, 0.1) is 11.5 Å². The number of anilines is 1. The number of hydrogen-bond acceptors (Lipinski definition) is 3. The van der Waals surface area contributed by atoms with E-state index in [0.717, 1.165) is 0 Å². The summed E-state index contributed by atoms with van der Waals surface area (Å²) in [7, 11) is 0. The van der Waals surface area contributed by atoms with E-state index in [4.69, 9.17) is 5.26 Å². The van der Waals surface area contributed by atoms with E-state index in [9.17, 15) is 13.2 Å². The molecule has 2 rings (SSSR count). The van der Waals surface area contributed by atoms with Crippen molar-refractivity contribution in [3.8, 4) is 6.07 Å². The maximum atomic E-state index is 12.5. The van der Waals surface area contributed by atoms with Crippen LogP contribution >= 0.6 is 0 Å². The van der Waals surface area contributed by atoms with Crippen LogP contribution < -0.4 is 4.90 Å². The number of aromatic nitrogens is 1. The van der Waals surface area contributed by atoms with Gasteiger partial charge in [0.1, 0.15) is 11.9 Å². The lowest BCUT2D eigenvalue weighted by atomic mass is 9.96. The molecule has 0 bridgehead atoms. The summed E-state index contributed by atoms with van der Waals surface area (Å²) < 4.78 is 37.6. The maximum Gasteiger partial charge on any atom is 0.391 e. The molecule has 18 heavy (non-hydrogen) atoms. The lowest BCUT2D eigenvalue weighted by Crippen LogP contribution is -2.39. The predicted octanol–water partition coefficient (Wildman–Crippen LogP) is 2.73. The average Bonchev–Trinajstić information content (AvgIpc) is 2.38. The van der Waals surface area contributed by atoms with Crippen LogP contribution in [0.1, 0.15) is 18.4 Å². The molecule has 0 aliphatic carbocycles. The van der Waals surface area contributed by atoms with Gasteiger partial charge in [-0.05, 0) is 25.0 Å². The van der Waals surface area contributed by atoms with Gasteiger partial charge >= 0.3 is 6.18 Å². The van der Waals surface area contributed by atoms with Gasteiger partial charge in [0, 0.05) is 19.3 Å². The molecule has 0 radical (unpaired) electrons. The van der Waals surface area contributed by atoms with Gasteiger partial charge in [-0.1, -0.05) is 0 Å². The smallest absolute Gasteiger partial charge is 0.355 e. The van der Waals surface area contributed by atoms with Crippen LogP contribution in [0.3, 0.4) is 0 Å². The molecule has 0 aromatic carbocycles. The van der Waals surface area contributed by atoms with Gasteiger partial charge in [-0.3, -0.25) is 0 Å². The fourth-order valence-corrected chi connectivity index (χ4v) is 2.15. The summed E-state index contributed by atoms with van der Waals surface area (Å²) in [6.07, 6.45) is -2.45. The number of nitriles is 1. The van der Waals surface area contributed by atoms with Crippen LogP contribution in [-0.2, 0) is 0 Å². The van der Waals surface area contributed by atoms with Crippen molar-refractivity contribution < 1.29 is 13.2 Å². The lowest BCUT2D eigenvalue weighted by Gasteiger charge is -2.33. The van der Waals surface area contributed by atoms with Gasteiger partial charge in [0.25, 0.3) is 0 Å². The first-order chi connectivity index (χ1) is 8.52. The van der Waals surface area contributed by atoms with Crippen molar-refractivity contribution in [2.24, 2.45) is 5.92 Å². The highest BCUT2D eigenvalue weighted by Crippen LogP contribution is 2.35. The first-order valence-electron chi connectivity index (χ1n) is 5.69. The van der Waals surface area contributed by atoms with E-state index in [1.807, 2.05) is 6.07 Å². The van der Waals surface area contributed by atoms with E-state index in [1.165, 1.54) is 0 Å². The number of pyridine rings is 1. The molecule has 1 aliphatic heterocycles. The SMILES string of the molecule is N#Cc1cccnc1N1CCC(C(F)(F)F)CC1. The van der Waals surface area contributed by atoms with E-state index in [-0.39, 0.29) is 25.9 Å². The molecule has 0 N–H and O–H groups in total. The third-order valence-electron chi connectivity index (χ3n) is 3.16. The van der Waals surface area contributed by atoms with Crippen molar-refractivity contribution >= 4 is 5.82 Å². The van der Waals surface area contributed by atoms with Crippen molar-refractivity contribution in [1.82, 2.24) is 4.98 Å². The minimum atomic E-state index is -4.12. The summed E-state index contributed by atoms with van der Waals surface area (Å²) in [5.41, 5.74) is 0.406. The number of piperidine rings is 1. The van der Waals surface area contributed by atoms with Gasteiger partial charge in [-0.15, -0.1) is 0 Å². The highest BCUT2D eigenvalue weighted by Gasteiger charge is 2.41. The highest BCUT2D eigenvalue weighted by atomic mass is 19.4. The number of halogens is 3. The van der Waals surface area contributed by atoms with Crippen LogP contribution in [0.5, 0.6) is 0 Å². The fourth-order valence-electron chi connectivity index (χ4n) is 2.15. The zero-order valence-corrected chi connectivity index (χ0v) is 9.61. The Balaban J connectivity index is 2.09. The average molecular weight is 255 g/mol. The molecule has 1 aromatic rings. The Morgan fingerprint density at radius 1 is 1.33 bits per heavy atom. The molecular formula is C12H12F3N3. The summed E-state index contributed by atoms with van der Waals surface area (Å²) in [6, 6.07) is 5.27. The first-order valence-corrected chi connectivity index (χ1v) is 5.69. The minimum Gasteiger partial charge on any atom is -0.355 e. The molecule has 2 heterocycles. The molecule has 0 atom stereocenters. The maximum absolute atomic E-state index is 12.5. The van der Waals surface area contributed by atoms with Gasteiger partial charge in [0.2, 0.25) is 0 Å². The zero-order chi connectivity index (χ0) is 13.2. The van der Waals surface area contributed by atoms with Crippen molar-refractivity contribution in [3.05, 3.63) is 23.9 Å². The van der Waals surface area contributed by atoms with Crippen molar-refractivity contribution in [1.29, 1.82) is 5.26 Å². The topological polar surface area (TPSA) is 39.9 Å². The monoisotopic (exact) mass is 255 g/mol. The minimum absolute atomic E-state index is 0.0605. The molecule has 1 aliphatic rings. The summed E-state index contributed by atoms with van der Waals surface area (Å²) >= 11 is 0. The highest BCUT2D eigenvalue weighted by molar-refractivity contribution is 5.53. The largest absolute Gasteiger partial charge is 0.391 e. The second kappa shape index (κ2) is 4.84. The second-order valence-corrected chi connectivity index (χ2v) is 4.29. The second-order valence-electron chi connectivity index (χ2n) is 4.29. The zero-order valence-electron chi connectivity index (χ0n) is 9.61. The van der Waals surface area contributed by atoms with Crippen LogP contribution in [-0.4, -0.2) is 24.2 Å². The Kier molecular flexibility index (Phi) is 3.41. The van der Waals surface area contributed by atoms with Crippen LogP contribution in [0.4, 0.5) is 19.0 Å². The predicted molar refractivity (Wildman–Crippen MR) is 59.9 cm³/mol. The molecule has 1 saturated heterocycles. The molecule has 0 unspecified atom stereocenters. The van der Waals surface area contributed by atoms with E-state index in [2.05, 4.69) is 4.98 Å². The molecule has 96 valence electrons. The van der Waals surface area contributed by atoms with E-state index >= 15 is 0 Å². The fraction of sp³-hybridized carbons (Fsp3) is 0.500. The van der Waals surface area contributed by atoms with Gasteiger partial charge in [0.15, 0.2) is 0 Å². The molecular weight excluding hydrogens is 243 g/mol. The lowest BCUT2D eigenvalue weighted by molar-refractivity contribution is -0.179. The third kappa shape index (κ3) is 2.55. The van der Waals surface area contributed by atoms with Crippen molar-refractivity contribution in [3.63, 3.8) is 0 Å². The molecule has 0 saturated carbocycles. The molecule has 1 fully saturated rings. The van der Waals surface area contributed by atoms with E-state index in [1.54, 1.807) is 23.2 Å². The number of hydrogen-bond donors (Lipinski definition) is 0. The molecule has 1 aromatic heterocycles. The Labute approximate surface area is 103 Å². The van der Waals surface area contributed by atoms with Crippen LogP contribution in [0.2, 0.25) is 0 Å². The first kappa shape index (κ1) is 12.7. The summed E-state index contributed by atoms with van der Waals surface area (Å²) in [5, 5.41) is 8.93. The quantitative estimate of drug-likeness (QED) is 0.774. The van der Waals surface area contributed by atoms with Crippen LogP contribution in [0.25, 0.3) is 0 Å². The van der Waals surface area contributed by atoms with Crippen molar-refractivity contribution in [2.45, 2.75) is 19.0 Å². The summed E-state index contributed by atoms with van der Waals surface area (Å²) in [5.74, 6) is -0.747. The third-order valence-corrected chi connectivity index (χ3v) is 3.16. The van der Waals surface area contributed by atoms with Crippen molar-refractivity contribution in [2.75, 3.05) is 18.0 Å². The molecule has 0 spiro atoms. The standard InChI is InChI=1S/C12H12F3N3/c13-12(14,15)10-3-6-18(7-4-10)11-9(8-16)2-1-5-17-11/h1-2,5,10H,3-4,6-7H2.